The van der Waals surface area contributed by atoms with E-state index in [4.69, 9.17) is 28.0 Å². The quantitative estimate of drug-likeness (QED) is 0.588. The van der Waals surface area contributed by atoms with Gasteiger partial charge in [-0.1, -0.05) is 65.5 Å². The number of carbonyl (C=O) groups is 1. The lowest BCUT2D eigenvalue weighted by molar-refractivity contribution is -0.137. The van der Waals surface area contributed by atoms with E-state index in [-0.39, 0.29) is 17.9 Å². The van der Waals surface area contributed by atoms with Gasteiger partial charge in [-0.05, 0) is 48.2 Å². The van der Waals surface area contributed by atoms with Gasteiger partial charge in [0.15, 0.2) is 6.10 Å². The summed E-state index contributed by atoms with van der Waals surface area (Å²) >= 11 is 12.1. The summed E-state index contributed by atoms with van der Waals surface area (Å²) in [7, 11) is 0. The Morgan fingerprint density at radius 3 is 2.55 bits per heavy atom. The van der Waals surface area contributed by atoms with Crippen LogP contribution in [0, 0.1) is 5.92 Å². The molecule has 1 fully saturated rings. The second-order valence-electron chi connectivity index (χ2n) is 7.81. The number of rotatable bonds is 6. The first kappa shape index (κ1) is 20.2. The van der Waals surface area contributed by atoms with E-state index in [1.165, 1.54) is 0 Å². The molecule has 2 aromatic carbocycles. The third-order valence-corrected chi connectivity index (χ3v) is 6.10. The zero-order valence-electron chi connectivity index (χ0n) is 16.2. The predicted octanol–water partition coefficient (Wildman–Crippen LogP) is 5.71. The van der Waals surface area contributed by atoms with E-state index in [9.17, 15) is 4.79 Å². The van der Waals surface area contributed by atoms with Crippen LogP contribution in [0.25, 0.3) is 0 Å². The summed E-state index contributed by atoms with van der Waals surface area (Å²) in [5.74, 6) is 0.332. The first-order chi connectivity index (χ1) is 14.1. The van der Waals surface area contributed by atoms with Crippen LogP contribution in [-0.4, -0.2) is 29.2 Å². The molecule has 0 radical (unpaired) electrons. The first-order valence-corrected chi connectivity index (χ1v) is 10.9. The highest BCUT2D eigenvalue weighted by Crippen LogP contribution is 2.28. The van der Waals surface area contributed by atoms with Gasteiger partial charge >= 0.3 is 0 Å². The van der Waals surface area contributed by atoms with Gasteiger partial charge in [0.2, 0.25) is 5.91 Å². The van der Waals surface area contributed by atoms with Gasteiger partial charge in [0.25, 0.3) is 0 Å². The molecular formula is C23H24Cl2N2O2. The van der Waals surface area contributed by atoms with Crippen LogP contribution in [0.1, 0.15) is 43.2 Å². The highest BCUT2D eigenvalue weighted by atomic mass is 35.5. The molecule has 1 aliphatic heterocycles. The van der Waals surface area contributed by atoms with Gasteiger partial charge in [0.1, 0.15) is 0 Å². The Labute approximate surface area is 181 Å². The van der Waals surface area contributed by atoms with Gasteiger partial charge in [-0.3, -0.25) is 4.79 Å². The topological polar surface area (TPSA) is 41.9 Å². The standard InChI is InChI=1S/C23H24Cl2N2O2/c24-19-10-8-17(9-11-19)22-13-21(29-26-22)15-27(23(28)18-5-1-2-6-18)14-16-4-3-7-20(25)12-16/h3-4,7-12,18,21H,1-2,5-6,13-15H2/t21-/m0/s1. The minimum Gasteiger partial charge on any atom is -0.390 e. The maximum absolute atomic E-state index is 13.2. The highest BCUT2D eigenvalue weighted by molar-refractivity contribution is 6.31. The van der Waals surface area contributed by atoms with Crippen molar-refractivity contribution in [1.82, 2.24) is 4.90 Å². The largest absolute Gasteiger partial charge is 0.390 e. The number of oxime groups is 1. The van der Waals surface area contributed by atoms with Gasteiger partial charge in [-0.25, -0.2) is 0 Å². The van der Waals surface area contributed by atoms with Crippen LogP contribution in [-0.2, 0) is 16.2 Å². The van der Waals surface area contributed by atoms with Gasteiger partial charge in [0.05, 0.1) is 12.3 Å². The monoisotopic (exact) mass is 430 g/mol. The summed E-state index contributed by atoms with van der Waals surface area (Å²) in [4.78, 5) is 20.8. The summed E-state index contributed by atoms with van der Waals surface area (Å²) in [5, 5.41) is 5.64. The van der Waals surface area contributed by atoms with Crippen LogP contribution < -0.4 is 0 Å². The molecule has 2 aliphatic rings. The Balaban J connectivity index is 1.45. The molecule has 1 saturated carbocycles. The molecule has 29 heavy (non-hydrogen) atoms. The fraction of sp³-hybridized carbons (Fsp3) is 0.391. The van der Waals surface area contributed by atoms with Crippen LogP contribution in [0.5, 0.6) is 0 Å². The molecule has 2 aromatic rings. The lowest BCUT2D eigenvalue weighted by Crippen LogP contribution is -2.40. The van der Waals surface area contributed by atoms with Crippen molar-refractivity contribution in [3.63, 3.8) is 0 Å². The van der Waals surface area contributed by atoms with Crippen molar-refractivity contribution in [2.24, 2.45) is 11.1 Å². The van der Waals surface area contributed by atoms with Crippen LogP contribution in [0.4, 0.5) is 0 Å². The number of carbonyl (C=O) groups excluding carboxylic acids is 1. The Hall–Kier alpha value is -2.04. The highest BCUT2D eigenvalue weighted by Gasteiger charge is 2.31. The summed E-state index contributed by atoms with van der Waals surface area (Å²) in [5.41, 5.74) is 2.92. The molecule has 0 spiro atoms. The Morgan fingerprint density at radius 1 is 1.07 bits per heavy atom. The Morgan fingerprint density at radius 2 is 1.83 bits per heavy atom. The SMILES string of the molecule is O=C(C1CCCC1)N(Cc1cccc(Cl)c1)C[C@@H]1CC(c2ccc(Cl)cc2)=NO1. The average Bonchev–Trinajstić information content (AvgIpc) is 3.40. The van der Waals surface area contributed by atoms with E-state index in [0.29, 0.717) is 29.6 Å². The molecule has 1 aliphatic carbocycles. The lowest BCUT2D eigenvalue weighted by Gasteiger charge is -2.27. The second kappa shape index (κ2) is 9.19. The van der Waals surface area contributed by atoms with Crippen LogP contribution >= 0.6 is 23.2 Å². The van der Waals surface area contributed by atoms with E-state index in [2.05, 4.69) is 5.16 Å². The second-order valence-corrected chi connectivity index (χ2v) is 8.68. The fourth-order valence-corrected chi connectivity index (χ4v) is 4.44. The molecule has 0 saturated heterocycles. The van der Waals surface area contributed by atoms with Gasteiger partial charge in [0, 0.05) is 28.9 Å². The number of halogens is 2. The molecule has 1 amide bonds. The van der Waals surface area contributed by atoms with E-state index in [1.807, 2.05) is 53.4 Å². The summed E-state index contributed by atoms with van der Waals surface area (Å²) in [6, 6.07) is 15.3. The van der Waals surface area contributed by atoms with Crippen molar-refractivity contribution in [3.05, 3.63) is 69.7 Å². The maximum Gasteiger partial charge on any atom is 0.226 e. The molecule has 0 aromatic heterocycles. The molecule has 0 N–H and O–H groups in total. The van der Waals surface area contributed by atoms with Crippen molar-refractivity contribution < 1.29 is 9.63 Å². The molecule has 152 valence electrons. The van der Waals surface area contributed by atoms with Gasteiger partial charge in [-0.2, -0.15) is 0 Å². The molecule has 1 atom stereocenters. The van der Waals surface area contributed by atoms with Crippen molar-refractivity contribution in [3.8, 4) is 0 Å². The first-order valence-electron chi connectivity index (χ1n) is 10.1. The van der Waals surface area contributed by atoms with Gasteiger partial charge in [-0.15, -0.1) is 0 Å². The molecule has 1 heterocycles. The molecule has 0 unspecified atom stereocenters. The summed E-state index contributed by atoms with van der Waals surface area (Å²) in [6.45, 7) is 1.05. The number of benzene rings is 2. The molecule has 4 rings (SSSR count). The molecular weight excluding hydrogens is 407 g/mol. The van der Waals surface area contributed by atoms with E-state index in [1.54, 1.807) is 0 Å². The molecule has 4 nitrogen and oxygen atoms in total. The third kappa shape index (κ3) is 5.12. The zero-order chi connectivity index (χ0) is 20.2. The number of amides is 1. The minimum atomic E-state index is -0.148. The van der Waals surface area contributed by atoms with E-state index < -0.39 is 0 Å². The number of hydrogen-bond acceptors (Lipinski definition) is 3. The average molecular weight is 431 g/mol. The summed E-state index contributed by atoms with van der Waals surface area (Å²) in [6.07, 6.45) is 4.73. The fourth-order valence-electron chi connectivity index (χ4n) is 4.10. The van der Waals surface area contributed by atoms with Crippen molar-refractivity contribution in [2.45, 2.75) is 44.8 Å². The Kier molecular flexibility index (Phi) is 6.41. The summed E-state index contributed by atoms with van der Waals surface area (Å²) < 4.78 is 0. The van der Waals surface area contributed by atoms with E-state index >= 15 is 0 Å². The number of hydrogen-bond donors (Lipinski definition) is 0. The third-order valence-electron chi connectivity index (χ3n) is 5.61. The smallest absolute Gasteiger partial charge is 0.226 e. The minimum absolute atomic E-state index is 0.118. The van der Waals surface area contributed by atoms with Crippen molar-refractivity contribution in [1.29, 1.82) is 0 Å². The van der Waals surface area contributed by atoms with Crippen LogP contribution in [0.15, 0.2) is 53.7 Å². The van der Waals surface area contributed by atoms with Crippen LogP contribution in [0.2, 0.25) is 10.0 Å². The molecule has 6 heteroatoms. The number of nitrogens with zero attached hydrogens (tertiary/aromatic N) is 2. The van der Waals surface area contributed by atoms with Gasteiger partial charge < -0.3 is 9.74 Å². The van der Waals surface area contributed by atoms with Crippen molar-refractivity contribution in [2.75, 3.05) is 6.54 Å². The lowest BCUT2D eigenvalue weighted by atomic mass is 10.0. The Bertz CT molecular complexity index is 892. The molecule has 0 bridgehead atoms. The maximum atomic E-state index is 13.2. The van der Waals surface area contributed by atoms with Crippen molar-refractivity contribution >= 4 is 34.8 Å². The normalized spacial score (nSPS) is 19.1. The predicted molar refractivity (Wildman–Crippen MR) is 116 cm³/mol. The zero-order valence-corrected chi connectivity index (χ0v) is 17.7. The van der Waals surface area contributed by atoms with E-state index in [0.717, 1.165) is 42.5 Å². The van der Waals surface area contributed by atoms with Crippen LogP contribution in [0.3, 0.4) is 0 Å².